The van der Waals surface area contributed by atoms with Crippen molar-refractivity contribution in [3.63, 3.8) is 0 Å². The highest BCUT2D eigenvalue weighted by molar-refractivity contribution is 5.59. The summed E-state index contributed by atoms with van der Waals surface area (Å²) in [6.45, 7) is 5.30. The van der Waals surface area contributed by atoms with Gasteiger partial charge in [0.05, 0.1) is 11.7 Å². The van der Waals surface area contributed by atoms with Gasteiger partial charge in [0.15, 0.2) is 0 Å². The summed E-state index contributed by atoms with van der Waals surface area (Å²) in [5, 5.41) is 7.93. The molecule has 19 heavy (non-hydrogen) atoms. The molecule has 0 spiro atoms. The van der Waals surface area contributed by atoms with E-state index in [1.54, 1.807) is 6.07 Å². The Morgan fingerprint density at radius 1 is 1.37 bits per heavy atom. The molecule has 3 heterocycles. The van der Waals surface area contributed by atoms with Gasteiger partial charge in [-0.15, -0.1) is 0 Å². The summed E-state index contributed by atoms with van der Waals surface area (Å²) in [5.41, 5.74) is 3.28. The average Bonchev–Trinajstić information content (AvgIpc) is 2.93. The lowest BCUT2D eigenvalue weighted by Crippen LogP contribution is -2.39. The maximum atomic E-state index is 13.5. The average molecular weight is 257 g/mol. The Labute approximate surface area is 111 Å². The molecule has 1 N–H and O–H groups in total. The van der Waals surface area contributed by atoms with Crippen LogP contribution in [0.25, 0.3) is 0 Å². The van der Waals surface area contributed by atoms with Gasteiger partial charge < -0.3 is 5.32 Å². The van der Waals surface area contributed by atoms with Crippen molar-refractivity contribution < 1.29 is 4.39 Å². The van der Waals surface area contributed by atoms with Gasteiger partial charge in [0, 0.05) is 24.3 Å². The topological polar surface area (TPSA) is 29.9 Å². The third-order valence-electron chi connectivity index (χ3n) is 4.75. The maximum Gasteiger partial charge on any atom is 0.123 e. The van der Waals surface area contributed by atoms with Gasteiger partial charge in [-0.3, -0.25) is 4.68 Å². The van der Waals surface area contributed by atoms with Crippen LogP contribution in [0.1, 0.15) is 31.1 Å². The molecule has 4 rings (SSSR count). The van der Waals surface area contributed by atoms with E-state index in [9.17, 15) is 4.39 Å². The van der Waals surface area contributed by atoms with Crippen LogP contribution >= 0.6 is 0 Å². The molecule has 1 aromatic carbocycles. The minimum Gasteiger partial charge on any atom is -0.376 e. The predicted molar refractivity (Wildman–Crippen MR) is 71.5 cm³/mol. The summed E-state index contributed by atoms with van der Waals surface area (Å²) in [5.74, 6) is 0.244. The predicted octanol–water partition coefficient (Wildman–Crippen LogP) is 3.10. The fourth-order valence-corrected chi connectivity index (χ4v) is 3.62. The fraction of sp³-hybridized carbons (Fsp3) is 0.400. The summed E-state index contributed by atoms with van der Waals surface area (Å²) in [6.07, 6.45) is 1.85. The van der Waals surface area contributed by atoms with Crippen LogP contribution in [0, 0.1) is 11.7 Å². The highest BCUT2D eigenvalue weighted by atomic mass is 19.1. The molecule has 0 saturated heterocycles. The van der Waals surface area contributed by atoms with Crippen LogP contribution in [-0.4, -0.2) is 9.78 Å². The summed E-state index contributed by atoms with van der Waals surface area (Å²) in [4.78, 5) is 0. The monoisotopic (exact) mass is 257 g/mol. The van der Waals surface area contributed by atoms with E-state index >= 15 is 0 Å². The maximum absolute atomic E-state index is 13.5. The van der Waals surface area contributed by atoms with E-state index in [4.69, 9.17) is 0 Å². The molecule has 0 radical (unpaired) electrons. The second-order valence-electron chi connectivity index (χ2n) is 6.08. The molecule has 2 aliphatic rings. The standard InChI is InChI=1S/C15H16FN3/c1-15(2)10-7-9(16)3-4-12(10)18-14-11(15)8-19-13(14)5-6-17-19/h3-7,11,14,18H,8H2,1-2H3. The van der Waals surface area contributed by atoms with Gasteiger partial charge in [0.25, 0.3) is 0 Å². The highest BCUT2D eigenvalue weighted by Crippen LogP contribution is 2.51. The number of nitrogens with one attached hydrogen (secondary N) is 1. The number of nitrogens with zero attached hydrogens (tertiary/aromatic N) is 2. The van der Waals surface area contributed by atoms with Gasteiger partial charge >= 0.3 is 0 Å². The van der Waals surface area contributed by atoms with Crippen LogP contribution in [0.3, 0.4) is 0 Å². The number of halogens is 1. The number of fused-ring (bicyclic) bond motifs is 4. The van der Waals surface area contributed by atoms with Crippen molar-refractivity contribution in [2.75, 3.05) is 5.32 Å². The molecule has 1 aromatic heterocycles. The van der Waals surface area contributed by atoms with E-state index in [1.165, 1.54) is 11.8 Å². The quantitative estimate of drug-likeness (QED) is 0.786. The van der Waals surface area contributed by atoms with Gasteiger partial charge in [-0.05, 0) is 35.2 Å². The largest absolute Gasteiger partial charge is 0.376 e. The Balaban J connectivity index is 1.89. The van der Waals surface area contributed by atoms with Crippen LogP contribution in [0.4, 0.5) is 10.1 Å². The SMILES string of the molecule is CC1(C)c2cc(F)ccc2NC2c3ccnn3CC21. The normalized spacial score (nSPS) is 26.3. The van der Waals surface area contributed by atoms with E-state index in [1.807, 2.05) is 12.3 Å². The zero-order valence-corrected chi connectivity index (χ0v) is 11.0. The highest BCUT2D eigenvalue weighted by Gasteiger charge is 2.47. The van der Waals surface area contributed by atoms with Crippen molar-refractivity contribution in [2.45, 2.75) is 31.8 Å². The van der Waals surface area contributed by atoms with Crippen molar-refractivity contribution >= 4 is 5.69 Å². The fourth-order valence-electron chi connectivity index (χ4n) is 3.62. The van der Waals surface area contributed by atoms with Gasteiger partial charge in [0.2, 0.25) is 0 Å². The first-order valence-corrected chi connectivity index (χ1v) is 6.65. The minimum atomic E-state index is -0.164. The van der Waals surface area contributed by atoms with Gasteiger partial charge in [-0.1, -0.05) is 13.8 Å². The molecular weight excluding hydrogens is 241 g/mol. The Kier molecular flexibility index (Phi) is 1.96. The molecule has 0 bridgehead atoms. The lowest BCUT2D eigenvalue weighted by molar-refractivity contribution is 0.268. The lowest BCUT2D eigenvalue weighted by atomic mass is 9.67. The summed E-state index contributed by atoms with van der Waals surface area (Å²) < 4.78 is 15.6. The first-order valence-electron chi connectivity index (χ1n) is 6.65. The Morgan fingerprint density at radius 3 is 3.05 bits per heavy atom. The van der Waals surface area contributed by atoms with Crippen molar-refractivity contribution in [3.05, 3.63) is 47.5 Å². The van der Waals surface area contributed by atoms with E-state index in [-0.39, 0.29) is 17.3 Å². The second-order valence-corrected chi connectivity index (χ2v) is 6.08. The van der Waals surface area contributed by atoms with Gasteiger partial charge in [-0.25, -0.2) is 4.39 Å². The number of aromatic nitrogens is 2. The van der Waals surface area contributed by atoms with Crippen LogP contribution in [0.2, 0.25) is 0 Å². The van der Waals surface area contributed by atoms with Crippen molar-refractivity contribution in [1.82, 2.24) is 9.78 Å². The Hall–Kier alpha value is -1.84. The van der Waals surface area contributed by atoms with Crippen LogP contribution in [0.15, 0.2) is 30.5 Å². The Morgan fingerprint density at radius 2 is 2.21 bits per heavy atom. The van der Waals surface area contributed by atoms with Crippen molar-refractivity contribution in [2.24, 2.45) is 5.92 Å². The van der Waals surface area contributed by atoms with Crippen molar-refractivity contribution in [3.8, 4) is 0 Å². The first kappa shape index (κ1) is 11.0. The molecule has 2 atom stereocenters. The number of benzene rings is 1. The van der Waals surface area contributed by atoms with Crippen LogP contribution in [-0.2, 0) is 12.0 Å². The molecule has 0 aliphatic carbocycles. The molecule has 4 heteroatoms. The number of anilines is 1. The first-order chi connectivity index (χ1) is 9.07. The lowest BCUT2D eigenvalue weighted by Gasteiger charge is -2.42. The molecule has 3 nitrogen and oxygen atoms in total. The van der Waals surface area contributed by atoms with Crippen molar-refractivity contribution in [1.29, 1.82) is 0 Å². The zero-order valence-electron chi connectivity index (χ0n) is 11.0. The molecule has 2 aromatic rings. The molecule has 2 aliphatic heterocycles. The smallest absolute Gasteiger partial charge is 0.123 e. The third-order valence-corrected chi connectivity index (χ3v) is 4.75. The van der Waals surface area contributed by atoms with Crippen LogP contribution in [0.5, 0.6) is 0 Å². The third kappa shape index (κ3) is 1.34. The molecule has 98 valence electrons. The zero-order chi connectivity index (χ0) is 13.2. The summed E-state index contributed by atoms with van der Waals surface area (Å²) >= 11 is 0. The minimum absolute atomic E-state index is 0.0615. The number of rotatable bonds is 0. The van der Waals surface area contributed by atoms with Gasteiger partial charge in [0.1, 0.15) is 5.82 Å². The molecule has 0 saturated carbocycles. The molecule has 0 amide bonds. The number of hydrogen-bond acceptors (Lipinski definition) is 2. The van der Waals surface area contributed by atoms with E-state index in [2.05, 4.69) is 35.0 Å². The molecular formula is C15H16FN3. The molecule has 2 unspecified atom stereocenters. The summed E-state index contributed by atoms with van der Waals surface area (Å²) in [6, 6.07) is 7.38. The summed E-state index contributed by atoms with van der Waals surface area (Å²) in [7, 11) is 0. The van der Waals surface area contributed by atoms with E-state index in [0.29, 0.717) is 5.92 Å². The number of hydrogen-bond donors (Lipinski definition) is 1. The Bertz CT molecular complexity index is 659. The van der Waals surface area contributed by atoms with E-state index in [0.717, 1.165) is 17.8 Å². The van der Waals surface area contributed by atoms with E-state index < -0.39 is 0 Å². The molecule has 0 fully saturated rings. The van der Waals surface area contributed by atoms with Gasteiger partial charge in [-0.2, -0.15) is 5.10 Å². The van der Waals surface area contributed by atoms with Crippen LogP contribution < -0.4 is 5.32 Å². The second kappa shape index (κ2) is 3.38.